The minimum absolute atomic E-state index is 0.0689. The van der Waals surface area contributed by atoms with E-state index in [1.807, 2.05) is 0 Å². The van der Waals surface area contributed by atoms with Crippen LogP contribution in [0.1, 0.15) is 58.8 Å². The van der Waals surface area contributed by atoms with Crippen LogP contribution < -0.4 is 0 Å². The second-order valence-electron chi connectivity index (χ2n) is 5.28. The van der Waals surface area contributed by atoms with Gasteiger partial charge in [-0.3, -0.25) is 0 Å². The van der Waals surface area contributed by atoms with Gasteiger partial charge in [-0.2, -0.15) is 5.26 Å². The van der Waals surface area contributed by atoms with Gasteiger partial charge in [-0.25, -0.2) is 4.39 Å². The fraction of sp³-hybridized carbons (Fsp3) is 0.923. The van der Waals surface area contributed by atoms with Crippen LogP contribution in [0, 0.1) is 23.2 Å². The van der Waals surface area contributed by atoms with Crippen molar-refractivity contribution in [1.29, 1.82) is 5.26 Å². The summed E-state index contributed by atoms with van der Waals surface area (Å²) in [6.45, 7) is 3.25. The Labute approximate surface area is 92.7 Å². The number of halogens is 1. The number of nitrogens with zero attached hydrogens (tertiary/aromatic N) is 1. The third-order valence-corrected chi connectivity index (χ3v) is 3.66. The predicted molar refractivity (Wildman–Crippen MR) is 60.1 cm³/mol. The molecule has 0 aromatic carbocycles. The van der Waals surface area contributed by atoms with E-state index in [0.717, 1.165) is 12.8 Å². The molecule has 0 aromatic rings. The van der Waals surface area contributed by atoms with Gasteiger partial charge in [0.25, 0.3) is 0 Å². The second kappa shape index (κ2) is 5.49. The summed E-state index contributed by atoms with van der Waals surface area (Å²) in [5, 5.41) is 8.78. The molecular formula is C13H22FN. The van der Waals surface area contributed by atoms with E-state index in [9.17, 15) is 4.39 Å². The minimum atomic E-state index is -1.20. The Bertz CT molecular complexity index is 216. The van der Waals surface area contributed by atoms with Gasteiger partial charge >= 0.3 is 0 Å². The Balaban J connectivity index is 2.65. The molecule has 0 aromatic heterocycles. The molecule has 15 heavy (non-hydrogen) atoms. The summed E-state index contributed by atoms with van der Waals surface area (Å²) in [6, 6.07) is 2.15. The predicted octanol–water partition coefficient (Wildman–Crippen LogP) is 4.23. The van der Waals surface area contributed by atoms with Crippen molar-refractivity contribution >= 4 is 0 Å². The van der Waals surface area contributed by atoms with Crippen molar-refractivity contribution in [2.45, 2.75) is 64.5 Å². The van der Waals surface area contributed by atoms with Crippen molar-refractivity contribution < 1.29 is 4.39 Å². The van der Waals surface area contributed by atoms with E-state index >= 15 is 0 Å². The van der Waals surface area contributed by atoms with Crippen LogP contribution in [-0.2, 0) is 0 Å². The van der Waals surface area contributed by atoms with E-state index in [2.05, 4.69) is 6.07 Å². The van der Waals surface area contributed by atoms with Gasteiger partial charge in [0.2, 0.25) is 0 Å². The standard InChI is InChI=1S/C13H22FN/c1-13(2,14)12(9-10-15)11-7-5-3-4-6-8-11/h11-12H,3-9H2,1-2H3. The topological polar surface area (TPSA) is 23.8 Å². The Morgan fingerprint density at radius 3 is 2.20 bits per heavy atom. The molecule has 1 atom stereocenters. The Hall–Kier alpha value is -0.580. The maximum atomic E-state index is 14.0. The molecule has 0 radical (unpaired) electrons. The van der Waals surface area contributed by atoms with Gasteiger partial charge in [0, 0.05) is 12.3 Å². The van der Waals surface area contributed by atoms with Crippen LogP contribution in [-0.4, -0.2) is 5.67 Å². The Morgan fingerprint density at radius 1 is 1.27 bits per heavy atom. The van der Waals surface area contributed by atoms with Crippen molar-refractivity contribution in [1.82, 2.24) is 0 Å². The van der Waals surface area contributed by atoms with E-state index in [4.69, 9.17) is 5.26 Å². The molecule has 2 heteroatoms. The number of hydrogen-bond donors (Lipinski definition) is 0. The summed E-state index contributed by atoms with van der Waals surface area (Å²) in [7, 11) is 0. The molecule has 1 fully saturated rings. The first-order chi connectivity index (χ1) is 7.05. The highest BCUT2D eigenvalue weighted by atomic mass is 19.1. The normalized spacial score (nSPS) is 21.7. The van der Waals surface area contributed by atoms with Gasteiger partial charge in [0.1, 0.15) is 5.67 Å². The van der Waals surface area contributed by atoms with E-state index in [-0.39, 0.29) is 5.92 Å². The van der Waals surface area contributed by atoms with Gasteiger partial charge < -0.3 is 0 Å². The summed E-state index contributed by atoms with van der Waals surface area (Å²) in [5.41, 5.74) is -1.20. The average Bonchev–Trinajstić information content (AvgIpc) is 2.40. The first kappa shape index (κ1) is 12.5. The van der Waals surface area contributed by atoms with Crippen LogP contribution in [0.4, 0.5) is 4.39 Å². The molecule has 1 aliphatic rings. The fourth-order valence-corrected chi connectivity index (χ4v) is 2.78. The third kappa shape index (κ3) is 3.81. The fourth-order valence-electron chi connectivity index (χ4n) is 2.78. The molecule has 1 nitrogen and oxygen atoms in total. The number of alkyl halides is 1. The second-order valence-corrected chi connectivity index (χ2v) is 5.28. The molecular weight excluding hydrogens is 189 g/mol. The summed E-state index contributed by atoms with van der Waals surface area (Å²) >= 11 is 0. The number of hydrogen-bond acceptors (Lipinski definition) is 1. The van der Waals surface area contributed by atoms with Gasteiger partial charge in [-0.05, 0) is 19.8 Å². The minimum Gasteiger partial charge on any atom is -0.244 e. The molecule has 0 amide bonds. The largest absolute Gasteiger partial charge is 0.244 e. The molecule has 0 bridgehead atoms. The summed E-state index contributed by atoms with van der Waals surface area (Å²) < 4.78 is 14.0. The molecule has 0 N–H and O–H groups in total. The maximum absolute atomic E-state index is 14.0. The van der Waals surface area contributed by atoms with Crippen molar-refractivity contribution in [2.24, 2.45) is 11.8 Å². The van der Waals surface area contributed by atoms with Crippen molar-refractivity contribution in [3.8, 4) is 6.07 Å². The Morgan fingerprint density at radius 2 is 1.80 bits per heavy atom. The van der Waals surface area contributed by atoms with Crippen LogP contribution in [0.25, 0.3) is 0 Å². The lowest BCUT2D eigenvalue weighted by Crippen LogP contribution is -2.32. The lowest BCUT2D eigenvalue weighted by atomic mass is 9.76. The first-order valence-corrected chi connectivity index (χ1v) is 6.11. The SMILES string of the molecule is CC(C)(F)C(CC#N)C1CCCCCC1. The zero-order valence-electron chi connectivity index (χ0n) is 9.93. The van der Waals surface area contributed by atoms with E-state index in [1.165, 1.54) is 25.7 Å². The lowest BCUT2D eigenvalue weighted by molar-refractivity contribution is 0.0742. The quantitative estimate of drug-likeness (QED) is 0.641. The molecule has 86 valence electrons. The first-order valence-electron chi connectivity index (χ1n) is 6.11. The van der Waals surface area contributed by atoms with Crippen molar-refractivity contribution in [2.75, 3.05) is 0 Å². The highest BCUT2D eigenvalue weighted by Gasteiger charge is 2.35. The van der Waals surface area contributed by atoms with Crippen LogP contribution >= 0.6 is 0 Å². The molecule has 1 saturated carbocycles. The maximum Gasteiger partial charge on any atom is 0.109 e. The zero-order chi connectivity index (χ0) is 11.3. The smallest absolute Gasteiger partial charge is 0.109 e. The van der Waals surface area contributed by atoms with E-state index < -0.39 is 5.67 Å². The lowest BCUT2D eigenvalue weighted by Gasteiger charge is -2.32. The van der Waals surface area contributed by atoms with Crippen molar-refractivity contribution in [3.05, 3.63) is 0 Å². The Kier molecular flexibility index (Phi) is 4.57. The monoisotopic (exact) mass is 211 g/mol. The highest BCUT2D eigenvalue weighted by molar-refractivity contribution is 4.90. The van der Waals surface area contributed by atoms with Gasteiger partial charge in [-0.1, -0.05) is 38.5 Å². The van der Waals surface area contributed by atoms with Gasteiger partial charge in [0.05, 0.1) is 6.07 Å². The molecule has 1 aliphatic carbocycles. The summed E-state index contributed by atoms with van der Waals surface area (Å²) in [4.78, 5) is 0. The highest BCUT2D eigenvalue weighted by Crippen LogP contribution is 2.38. The third-order valence-electron chi connectivity index (χ3n) is 3.66. The summed E-state index contributed by atoms with van der Waals surface area (Å²) in [5.74, 6) is 0.354. The molecule has 0 saturated heterocycles. The van der Waals surface area contributed by atoms with Crippen LogP contribution in [0.2, 0.25) is 0 Å². The van der Waals surface area contributed by atoms with Crippen LogP contribution in [0.15, 0.2) is 0 Å². The molecule has 1 rings (SSSR count). The summed E-state index contributed by atoms with van der Waals surface area (Å²) in [6.07, 6.45) is 7.57. The molecule has 0 aliphatic heterocycles. The van der Waals surface area contributed by atoms with E-state index in [0.29, 0.717) is 12.3 Å². The number of rotatable bonds is 3. The molecule has 1 unspecified atom stereocenters. The molecule has 0 spiro atoms. The average molecular weight is 211 g/mol. The van der Waals surface area contributed by atoms with Crippen molar-refractivity contribution in [3.63, 3.8) is 0 Å². The van der Waals surface area contributed by atoms with Gasteiger partial charge in [-0.15, -0.1) is 0 Å². The van der Waals surface area contributed by atoms with E-state index in [1.54, 1.807) is 13.8 Å². The van der Waals surface area contributed by atoms with Crippen LogP contribution in [0.5, 0.6) is 0 Å². The zero-order valence-corrected chi connectivity index (χ0v) is 9.93. The molecule has 0 heterocycles. The number of nitriles is 1. The van der Waals surface area contributed by atoms with Crippen LogP contribution in [0.3, 0.4) is 0 Å². The van der Waals surface area contributed by atoms with Gasteiger partial charge in [0.15, 0.2) is 0 Å².